The number of nitrogens with two attached hydrogens (primary N) is 1. The molecule has 3 N–H and O–H groups in total. The number of anilines is 3. The van der Waals surface area contributed by atoms with Crippen LogP contribution in [0.4, 0.5) is 17.3 Å². The zero-order valence-electron chi connectivity index (χ0n) is 9.45. The summed E-state index contributed by atoms with van der Waals surface area (Å²) in [6.45, 7) is 0. The summed E-state index contributed by atoms with van der Waals surface area (Å²) in [5.74, 6) is 1.39. The quantitative estimate of drug-likeness (QED) is 0.904. The van der Waals surface area contributed by atoms with E-state index in [0.717, 1.165) is 15.9 Å². The van der Waals surface area contributed by atoms with Crippen molar-refractivity contribution in [2.75, 3.05) is 18.2 Å². The van der Waals surface area contributed by atoms with Crippen LogP contribution in [-0.4, -0.2) is 17.1 Å². The molecule has 2 aromatic rings. The second kappa shape index (κ2) is 5.41. The molecule has 1 aromatic carbocycles. The van der Waals surface area contributed by atoms with E-state index in [0.29, 0.717) is 5.82 Å². The van der Waals surface area contributed by atoms with Crippen LogP contribution in [0.15, 0.2) is 29.0 Å². The normalized spacial score (nSPS) is 10.2. The van der Waals surface area contributed by atoms with Gasteiger partial charge in [0, 0.05) is 10.5 Å². The van der Waals surface area contributed by atoms with Gasteiger partial charge in [-0.05, 0) is 28.1 Å². The SMILES string of the molecule is COc1ccc(Br)c(Nc2ncnc(N)c2Cl)c1. The van der Waals surface area contributed by atoms with Gasteiger partial charge in [0.25, 0.3) is 0 Å². The maximum atomic E-state index is 6.01. The number of methoxy groups -OCH3 is 1. The molecule has 1 heterocycles. The summed E-state index contributed by atoms with van der Waals surface area (Å²) in [6, 6.07) is 5.52. The van der Waals surface area contributed by atoms with Crippen LogP contribution in [-0.2, 0) is 0 Å². The summed E-state index contributed by atoms with van der Waals surface area (Å²) in [5, 5.41) is 3.35. The van der Waals surface area contributed by atoms with Gasteiger partial charge in [-0.25, -0.2) is 9.97 Å². The van der Waals surface area contributed by atoms with Gasteiger partial charge in [0.05, 0.1) is 12.8 Å². The summed E-state index contributed by atoms with van der Waals surface area (Å²) >= 11 is 9.43. The zero-order chi connectivity index (χ0) is 13.1. The van der Waals surface area contributed by atoms with Gasteiger partial charge in [-0.2, -0.15) is 0 Å². The van der Waals surface area contributed by atoms with Crippen molar-refractivity contribution in [3.63, 3.8) is 0 Å². The molecule has 0 bridgehead atoms. The van der Waals surface area contributed by atoms with Crippen molar-refractivity contribution in [2.24, 2.45) is 0 Å². The fourth-order valence-corrected chi connectivity index (χ4v) is 1.82. The van der Waals surface area contributed by atoms with Crippen molar-refractivity contribution in [1.29, 1.82) is 0 Å². The largest absolute Gasteiger partial charge is 0.497 e. The van der Waals surface area contributed by atoms with Crippen molar-refractivity contribution in [3.8, 4) is 5.75 Å². The van der Waals surface area contributed by atoms with E-state index in [1.54, 1.807) is 7.11 Å². The summed E-state index contributed by atoms with van der Waals surface area (Å²) in [7, 11) is 1.60. The Kier molecular flexibility index (Phi) is 3.88. The molecule has 0 saturated carbocycles. The Bertz CT molecular complexity index is 579. The van der Waals surface area contributed by atoms with E-state index in [4.69, 9.17) is 22.1 Å². The van der Waals surface area contributed by atoms with Crippen molar-refractivity contribution in [3.05, 3.63) is 34.0 Å². The maximum absolute atomic E-state index is 6.01. The van der Waals surface area contributed by atoms with Gasteiger partial charge in [0.2, 0.25) is 0 Å². The third-order valence-electron chi connectivity index (χ3n) is 2.24. The lowest BCUT2D eigenvalue weighted by Gasteiger charge is -2.11. The highest BCUT2D eigenvalue weighted by atomic mass is 79.9. The van der Waals surface area contributed by atoms with Gasteiger partial charge in [0.15, 0.2) is 5.82 Å². The van der Waals surface area contributed by atoms with Crippen LogP contribution < -0.4 is 15.8 Å². The molecule has 0 aliphatic heterocycles. The van der Waals surface area contributed by atoms with Gasteiger partial charge >= 0.3 is 0 Å². The second-order valence-electron chi connectivity index (χ2n) is 3.39. The van der Waals surface area contributed by atoms with E-state index in [2.05, 4.69) is 31.2 Å². The standard InChI is InChI=1S/C11H10BrClN4O/c1-18-6-2-3-7(12)8(4-6)17-11-9(13)10(14)15-5-16-11/h2-5H,1H3,(H3,14,15,16,17). The number of nitrogens with one attached hydrogen (secondary N) is 1. The van der Waals surface area contributed by atoms with Crippen LogP contribution in [0.3, 0.4) is 0 Å². The molecule has 0 atom stereocenters. The minimum atomic E-state index is 0.230. The predicted molar refractivity (Wildman–Crippen MR) is 75.4 cm³/mol. The van der Waals surface area contributed by atoms with E-state index in [1.165, 1.54) is 6.33 Å². The molecule has 0 saturated heterocycles. The third kappa shape index (κ3) is 2.65. The fourth-order valence-electron chi connectivity index (χ4n) is 1.33. The summed E-state index contributed by atoms with van der Waals surface area (Å²) in [4.78, 5) is 7.83. The molecular weight excluding hydrogens is 320 g/mol. The molecule has 7 heteroatoms. The number of ether oxygens (including phenoxy) is 1. The van der Waals surface area contributed by atoms with Crippen LogP contribution in [0.1, 0.15) is 0 Å². The number of nitrogens with zero attached hydrogens (tertiary/aromatic N) is 2. The van der Waals surface area contributed by atoms with Crippen LogP contribution in [0.5, 0.6) is 5.75 Å². The first-order chi connectivity index (χ1) is 8.61. The zero-order valence-corrected chi connectivity index (χ0v) is 11.8. The Morgan fingerprint density at radius 2 is 2.17 bits per heavy atom. The van der Waals surface area contributed by atoms with Crippen LogP contribution >= 0.6 is 27.5 Å². The first-order valence-corrected chi connectivity index (χ1v) is 6.15. The smallest absolute Gasteiger partial charge is 0.154 e. The molecule has 2 rings (SSSR count). The first kappa shape index (κ1) is 12.9. The molecule has 5 nitrogen and oxygen atoms in total. The molecule has 0 unspecified atom stereocenters. The molecule has 94 valence electrons. The molecule has 0 amide bonds. The van der Waals surface area contributed by atoms with Gasteiger partial charge in [-0.15, -0.1) is 0 Å². The highest BCUT2D eigenvalue weighted by Crippen LogP contribution is 2.32. The van der Waals surface area contributed by atoms with E-state index < -0.39 is 0 Å². The molecule has 0 spiro atoms. The topological polar surface area (TPSA) is 73.1 Å². The first-order valence-electron chi connectivity index (χ1n) is 4.98. The van der Waals surface area contributed by atoms with Crippen LogP contribution in [0.2, 0.25) is 5.02 Å². The number of benzene rings is 1. The monoisotopic (exact) mass is 328 g/mol. The summed E-state index contributed by atoms with van der Waals surface area (Å²) in [6.07, 6.45) is 1.34. The van der Waals surface area contributed by atoms with E-state index in [9.17, 15) is 0 Å². The summed E-state index contributed by atoms with van der Waals surface area (Å²) in [5.41, 5.74) is 6.38. The molecule has 0 aliphatic carbocycles. The predicted octanol–water partition coefficient (Wildman–Crippen LogP) is 3.23. The van der Waals surface area contributed by atoms with Crippen molar-refractivity contribution >= 4 is 44.9 Å². The number of halogens is 2. The van der Waals surface area contributed by atoms with Crippen LogP contribution in [0, 0.1) is 0 Å². The number of nitrogen functional groups attached to an aromatic ring is 1. The highest BCUT2D eigenvalue weighted by Gasteiger charge is 2.09. The second-order valence-corrected chi connectivity index (χ2v) is 4.62. The molecule has 18 heavy (non-hydrogen) atoms. The van der Waals surface area contributed by atoms with Crippen molar-refractivity contribution < 1.29 is 4.74 Å². The number of aromatic nitrogens is 2. The van der Waals surface area contributed by atoms with E-state index >= 15 is 0 Å². The Labute approximate surface area is 117 Å². The average Bonchev–Trinajstić information content (AvgIpc) is 2.37. The van der Waals surface area contributed by atoms with Gasteiger partial charge in [-0.3, -0.25) is 0 Å². The Morgan fingerprint density at radius 3 is 2.89 bits per heavy atom. The summed E-state index contributed by atoms with van der Waals surface area (Å²) < 4.78 is 6.01. The van der Waals surface area contributed by atoms with E-state index in [1.807, 2.05) is 18.2 Å². The molecule has 0 fully saturated rings. The van der Waals surface area contributed by atoms with Gasteiger partial charge in [-0.1, -0.05) is 11.6 Å². The lowest BCUT2D eigenvalue weighted by molar-refractivity contribution is 0.415. The molecular formula is C11H10BrClN4O. The van der Waals surface area contributed by atoms with Gasteiger partial charge < -0.3 is 15.8 Å². The Balaban J connectivity index is 2.36. The maximum Gasteiger partial charge on any atom is 0.154 e. The lowest BCUT2D eigenvalue weighted by atomic mass is 10.3. The molecule has 1 aromatic heterocycles. The molecule has 0 aliphatic rings. The molecule has 0 radical (unpaired) electrons. The average molecular weight is 330 g/mol. The van der Waals surface area contributed by atoms with Crippen LogP contribution in [0.25, 0.3) is 0 Å². The Morgan fingerprint density at radius 1 is 1.39 bits per heavy atom. The third-order valence-corrected chi connectivity index (χ3v) is 3.31. The fraction of sp³-hybridized carbons (Fsp3) is 0.0909. The minimum Gasteiger partial charge on any atom is -0.497 e. The number of hydrogen-bond donors (Lipinski definition) is 2. The number of rotatable bonds is 3. The van der Waals surface area contributed by atoms with Crippen molar-refractivity contribution in [2.45, 2.75) is 0 Å². The number of hydrogen-bond acceptors (Lipinski definition) is 5. The Hall–Kier alpha value is -1.53. The lowest BCUT2D eigenvalue weighted by Crippen LogP contribution is -2.00. The van der Waals surface area contributed by atoms with E-state index in [-0.39, 0.29) is 10.8 Å². The highest BCUT2D eigenvalue weighted by molar-refractivity contribution is 9.10. The van der Waals surface area contributed by atoms with Gasteiger partial charge in [0.1, 0.15) is 22.9 Å². The minimum absolute atomic E-state index is 0.230. The van der Waals surface area contributed by atoms with Crippen molar-refractivity contribution in [1.82, 2.24) is 9.97 Å².